The van der Waals surface area contributed by atoms with Crippen molar-refractivity contribution in [2.24, 2.45) is 11.7 Å². The lowest BCUT2D eigenvalue weighted by atomic mass is 9.96. The number of rotatable bonds is 16. The fourth-order valence-electron chi connectivity index (χ4n) is 4.69. The number of carbonyl (C=O) groups excluding carboxylic acids is 3. The molecule has 0 saturated heterocycles. The number of H-pyrrole nitrogens is 1. The molecule has 3 aromatic rings. The largest absolute Gasteiger partial charge is 0.481 e. The highest BCUT2D eigenvalue weighted by Crippen LogP contribution is 2.20. The number of carboxylic acids is 2. The number of aromatic amines is 1. The molecule has 1 aromatic heterocycles. The third-order valence-electron chi connectivity index (χ3n) is 7.43. The Kier molecular flexibility index (Phi) is 11.8. The molecule has 2 aromatic carbocycles. The summed E-state index contributed by atoms with van der Waals surface area (Å²) in [6.45, 7) is 3.59. The molecule has 0 bridgehead atoms. The second kappa shape index (κ2) is 15.5. The number of amides is 3. The minimum atomic E-state index is -1.23. The molecule has 43 heavy (non-hydrogen) atoms. The summed E-state index contributed by atoms with van der Waals surface area (Å²) in [4.78, 5) is 66.1. The Labute approximate surface area is 249 Å². The molecule has 0 saturated carbocycles. The number of nitrogens with two attached hydrogens (primary N) is 1. The van der Waals surface area contributed by atoms with Crippen molar-refractivity contribution < 1.29 is 34.2 Å². The molecule has 3 rings (SSSR count). The number of aromatic nitrogens is 1. The number of fused-ring (bicyclic) bond motifs is 1. The zero-order valence-corrected chi connectivity index (χ0v) is 24.2. The fourth-order valence-corrected chi connectivity index (χ4v) is 4.69. The highest BCUT2D eigenvalue weighted by Gasteiger charge is 2.33. The number of nitrogens with one attached hydrogen (secondary N) is 4. The highest BCUT2D eigenvalue weighted by molar-refractivity contribution is 5.95. The number of carboxylic acid groups (broad SMARTS) is 2. The van der Waals surface area contributed by atoms with Gasteiger partial charge < -0.3 is 36.9 Å². The van der Waals surface area contributed by atoms with Crippen molar-refractivity contribution in [2.75, 3.05) is 0 Å². The van der Waals surface area contributed by atoms with Crippen molar-refractivity contribution in [3.05, 3.63) is 71.9 Å². The number of hydrogen-bond donors (Lipinski definition) is 7. The molecular formula is C31H39N5O7. The van der Waals surface area contributed by atoms with Crippen LogP contribution in [0.4, 0.5) is 0 Å². The van der Waals surface area contributed by atoms with E-state index in [2.05, 4.69) is 20.9 Å². The van der Waals surface area contributed by atoms with Gasteiger partial charge in [0.15, 0.2) is 0 Å². The summed E-state index contributed by atoms with van der Waals surface area (Å²) in [6, 6.07) is 11.6. The van der Waals surface area contributed by atoms with Crippen LogP contribution in [-0.2, 0) is 36.8 Å². The lowest BCUT2D eigenvalue weighted by Crippen LogP contribution is -2.59. The number of carbonyl (C=O) groups is 5. The Morgan fingerprint density at radius 1 is 0.837 bits per heavy atom. The summed E-state index contributed by atoms with van der Waals surface area (Å²) >= 11 is 0. The Bertz CT molecular complexity index is 1420. The van der Waals surface area contributed by atoms with Crippen LogP contribution in [0.3, 0.4) is 0 Å². The maximum atomic E-state index is 13.7. The molecule has 0 aliphatic heterocycles. The first-order valence-corrected chi connectivity index (χ1v) is 14.2. The zero-order chi connectivity index (χ0) is 31.5. The summed E-state index contributed by atoms with van der Waals surface area (Å²) < 4.78 is 0. The maximum Gasteiger partial charge on any atom is 0.326 e. The predicted molar refractivity (Wildman–Crippen MR) is 160 cm³/mol. The molecule has 12 nitrogen and oxygen atoms in total. The molecular weight excluding hydrogens is 554 g/mol. The van der Waals surface area contributed by atoms with Gasteiger partial charge in [-0.2, -0.15) is 0 Å². The van der Waals surface area contributed by atoms with Crippen LogP contribution in [0.15, 0.2) is 60.8 Å². The van der Waals surface area contributed by atoms with Gasteiger partial charge in [-0.1, -0.05) is 68.8 Å². The van der Waals surface area contributed by atoms with E-state index in [-0.39, 0.29) is 31.6 Å². The first kappa shape index (κ1) is 32.8. The Morgan fingerprint density at radius 2 is 1.49 bits per heavy atom. The van der Waals surface area contributed by atoms with Crippen LogP contribution in [0.1, 0.15) is 44.2 Å². The van der Waals surface area contributed by atoms with Gasteiger partial charge in [0.05, 0.1) is 6.04 Å². The molecule has 0 spiro atoms. The monoisotopic (exact) mass is 593 g/mol. The van der Waals surface area contributed by atoms with Gasteiger partial charge in [-0.25, -0.2) is 4.79 Å². The van der Waals surface area contributed by atoms with Gasteiger partial charge in [0.25, 0.3) is 0 Å². The minimum Gasteiger partial charge on any atom is -0.481 e. The van der Waals surface area contributed by atoms with E-state index in [4.69, 9.17) is 10.8 Å². The van der Waals surface area contributed by atoms with Crippen molar-refractivity contribution in [3.8, 4) is 0 Å². The number of para-hydroxylation sites is 1. The molecule has 5 atom stereocenters. The number of benzene rings is 2. The van der Waals surface area contributed by atoms with Gasteiger partial charge in [-0.15, -0.1) is 0 Å². The van der Waals surface area contributed by atoms with Gasteiger partial charge >= 0.3 is 11.9 Å². The average Bonchev–Trinajstić information content (AvgIpc) is 3.40. The number of aliphatic carboxylic acids is 2. The van der Waals surface area contributed by atoms with E-state index in [0.29, 0.717) is 6.42 Å². The lowest BCUT2D eigenvalue weighted by molar-refractivity contribution is -0.142. The normalized spacial score (nSPS) is 14.6. The molecule has 5 unspecified atom stereocenters. The van der Waals surface area contributed by atoms with Crippen molar-refractivity contribution in [1.29, 1.82) is 0 Å². The minimum absolute atomic E-state index is 0.0494. The van der Waals surface area contributed by atoms with E-state index >= 15 is 0 Å². The SMILES string of the molecule is CCC(C)C(NC(=O)C(Cc1c[nH]c2ccccc12)NC(=O)C(N)CCC(=O)O)C(=O)NC(Cc1ccccc1)C(=O)O. The van der Waals surface area contributed by atoms with Crippen LogP contribution < -0.4 is 21.7 Å². The summed E-state index contributed by atoms with van der Waals surface area (Å²) in [6.07, 6.45) is 1.87. The third kappa shape index (κ3) is 9.40. The molecule has 0 radical (unpaired) electrons. The second-order valence-corrected chi connectivity index (χ2v) is 10.6. The fraction of sp³-hybridized carbons (Fsp3) is 0.387. The van der Waals surface area contributed by atoms with Crippen molar-refractivity contribution in [2.45, 2.75) is 70.1 Å². The summed E-state index contributed by atoms with van der Waals surface area (Å²) in [5.41, 5.74) is 8.19. The van der Waals surface area contributed by atoms with Crippen molar-refractivity contribution >= 4 is 40.6 Å². The van der Waals surface area contributed by atoms with Crippen LogP contribution in [0.2, 0.25) is 0 Å². The first-order valence-electron chi connectivity index (χ1n) is 14.2. The maximum absolute atomic E-state index is 13.7. The third-order valence-corrected chi connectivity index (χ3v) is 7.43. The molecule has 12 heteroatoms. The van der Waals surface area contributed by atoms with E-state index in [1.807, 2.05) is 31.2 Å². The molecule has 0 fully saturated rings. The van der Waals surface area contributed by atoms with E-state index in [9.17, 15) is 29.1 Å². The number of hydrogen-bond acceptors (Lipinski definition) is 6. The van der Waals surface area contributed by atoms with Crippen molar-refractivity contribution in [1.82, 2.24) is 20.9 Å². The van der Waals surface area contributed by atoms with E-state index < -0.39 is 53.8 Å². The van der Waals surface area contributed by atoms with E-state index in [1.165, 1.54) is 0 Å². The Hall–Kier alpha value is -4.71. The molecule has 8 N–H and O–H groups in total. The first-order chi connectivity index (χ1) is 20.5. The standard InChI is InChI=1S/C31H39N5O7/c1-3-18(2)27(30(41)35-25(31(42)43)15-19-9-5-4-6-10-19)36-29(40)24(34-28(39)22(32)13-14-26(37)38)16-20-17-33-23-12-8-7-11-21(20)23/h4-12,17-18,22,24-25,27,33H,3,13-16,32H2,1-2H3,(H,34,39)(H,35,41)(H,36,40)(H,37,38)(H,42,43). The van der Waals surface area contributed by atoms with Crippen LogP contribution in [-0.4, -0.2) is 69.0 Å². The zero-order valence-electron chi connectivity index (χ0n) is 24.2. The molecule has 0 aliphatic carbocycles. The predicted octanol–water partition coefficient (Wildman–Crippen LogP) is 1.73. The van der Waals surface area contributed by atoms with Crippen LogP contribution in [0, 0.1) is 5.92 Å². The molecule has 1 heterocycles. The Balaban J connectivity index is 1.83. The van der Waals surface area contributed by atoms with Crippen molar-refractivity contribution in [3.63, 3.8) is 0 Å². The average molecular weight is 594 g/mol. The van der Waals surface area contributed by atoms with Gasteiger partial charge in [0.1, 0.15) is 18.1 Å². The van der Waals surface area contributed by atoms with Gasteiger partial charge in [-0.05, 0) is 29.5 Å². The quantitative estimate of drug-likeness (QED) is 0.130. The van der Waals surface area contributed by atoms with Gasteiger partial charge in [0.2, 0.25) is 17.7 Å². The van der Waals surface area contributed by atoms with E-state index in [0.717, 1.165) is 22.0 Å². The van der Waals surface area contributed by atoms with Gasteiger partial charge in [0, 0.05) is 36.4 Å². The van der Waals surface area contributed by atoms with Crippen LogP contribution in [0.25, 0.3) is 10.9 Å². The van der Waals surface area contributed by atoms with Crippen LogP contribution >= 0.6 is 0 Å². The van der Waals surface area contributed by atoms with Gasteiger partial charge in [-0.3, -0.25) is 19.2 Å². The molecule has 230 valence electrons. The van der Waals surface area contributed by atoms with Crippen LogP contribution in [0.5, 0.6) is 0 Å². The summed E-state index contributed by atoms with van der Waals surface area (Å²) in [5, 5.41) is 27.5. The smallest absolute Gasteiger partial charge is 0.326 e. The summed E-state index contributed by atoms with van der Waals surface area (Å²) in [5.74, 6) is -4.74. The topological polar surface area (TPSA) is 204 Å². The lowest BCUT2D eigenvalue weighted by Gasteiger charge is -2.28. The Morgan fingerprint density at radius 3 is 2.14 bits per heavy atom. The molecule has 0 aliphatic rings. The molecule has 3 amide bonds. The second-order valence-electron chi connectivity index (χ2n) is 10.6. The highest BCUT2D eigenvalue weighted by atomic mass is 16.4. The summed E-state index contributed by atoms with van der Waals surface area (Å²) in [7, 11) is 0. The van der Waals surface area contributed by atoms with E-state index in [1.54, 1.807) is 43.5 Å².